The number of hydrogen-bond acceptors (Lipinski definition) is 3. The highest BCUT2D eigenvalue weighted by Crippen LogP contribution is 2.19. The lowest BCUT2D eigenvalue weighted by Crippen LogP contribution is -2.22. The summed E-state index contributed by atoms with van der Waals surface area (Å²) in [6.45, 7) is 0. The third-order valence-corrected chi connectivity index (χ3v) is 2.95. The van der Waals surface area contributed by atoms with E-state index in [9.17, 15) is 4.79 Å². The van der Waals surface area contributed by atoms with Gasteiger partial charge in [-0.1, -0.05) is 17.7 Å². The molecule has 0 aliphatic rings. The van der Waals surface area contributed by atoms with Crippen molar-refractivity contribution < 1.29 is 4.74 Å². The number of ether oxygens (including phenoxy) is 1. The predicted octanol–water partition coefficient (Wildman–Crippen LogP) is 2.66. The average Bonchev–Trinajstić information content (AvgIpc) is 2.29. The van der Waals surface area contributed by atoms with Crippen molar-refractivity contribution in [2.75, 3.05) is 7.11 Å². The van der Waals surface area contributed by atoms with Crippen molar-refractivity contribution >= 4 is 27.5 Å². The van der Waals surface area contributed by atoms with Crippen LogP contribution in [-0.4, -0.2) is 16.9 Å². The number of rotatable bonds is 2. The zero-order valence-electron chi connectivity index (χ0n) is 8.85. The molecular formula is C11H8BrClN2O2. The Labute approximate surface area is 111 Å². The van der Waals surface area contributed by atoms with Gasteiger partial charge in [0.25, 0.3) is 0 Å². The molecule has 17 heavy (non-hydrogen) atoms. The van der Waals surface area contributed by atoms with Crippen molar-refractivity contribution in [3.05, 3.63) is 50.3 Å². The van der Waals surface area contributed by atoms with Gasteiger partial charge in [-0.05, 0) is 34.1 Å². The molecule has 0 bridgehead atoms. The lowest BCUT2D eigenvalue weighted by Gasteiger charge is -2.07. The summed E-state index contributed by atoms with van der Waals surface area (Å²) in [5.74, 6) is 0.208. The molecule has 0 spiro atoms. The van der Waals surface area contributed by atoms with Crippen LogP contribution in [0.15, 0.2) is 39.7 Å². The number of aromatic nitrogens is 2. The van der Waals surface area contributed by atoms with Gasteiger partial charge < -0.3 is 4.74 Å². The zero-order chi connectivity index (χ0) is 12.4. The van der Waals surface area contributed by atoms with Crippen molar-refractivity contribution in [1.82, 2.24) is 9.78 Å². The van der Waals surface area contributed by atoms with Gasteiger partial charge in [0.1, 0.15) is 0 Å². The summed E-state index contributed by atoms with van der Waals surface area (Å²) >= 11 is 9.07. The van der Waals surface area contributed by atoms with Gasteiger partial charge in [-0.2, -0.15) is 9.78 Å². The van der Waals surface area contributed by atoms with Gasteiger partial charge in [0, 0.05) is 5.02 Å². The van der Waals surface area contributed by atoms with Gasteiger partial charge >= 0.3 is 5.56 Å². The fourth-order valence-electron chi connectivity index (χ4n) is 1.39. The summed E-state index contributed by atoms with van der Waals surface area (Å²) in [5.41, 5.74) is 0.248. The Morgan fingerprint density at radius 2 is 2.24 bits per heavy atom. The molecule has 1 aromatic carbocycles. The van der Waals surface area contributed by atoms with Crippen molar-refractivity contribution in [3.8, 4) is 11.4 Å². The van der Waals surface area contributed by atoms with Crippen LogP contribution in [0.5, 0.6) is 5.75 Å². The number of methoxy groups -OCH3 is 1. The maximum Gasteiger partial charge on any atom is 0.314 e. The second kappa shape index (κ2) is 4.89. The average molecular weight is 316 g/mol. The lowest BCUT2D eigenvalue weighted by atomic mass is 10.3. The van der Waals surface area contributed by atoms with Crippen LogP contribution < -0.4 is 10.3 Å². The monoisotopic (exact) mass is 314 g/mol. The Hall–Kier alpha value is -1.33. The third-order valence-electron chi connectivity index (χ3n) is 2.15. The fourth-order valence-corrected chi connectivity index (χ4v) is 2.00. The van der Waals surface area contributed by atoms with Crippen molar-refractivity contribution in [3.63, 3.8) is 0 Å². The summed E-state index contributed by atoms with van der Waals surface area (Å²) in [7, 11) is 1.43. The minimum atomic E-state index is -0.343. The molecule has 2 aromatic rings. The molecule has 1 aromatic heterocycles. The van der Waals surface area contributed by atoms with Gasteiger partial charge in [-0.25, -0.2) is 0 Å². The molecule has 2 rings (SSSR count). The first-order valence-electron chi connectivity index (χ1n) is 4.71. The van der Waals surface area contributed by atoms with Crippen molar-refractivity contribution in [2.45, 2.75) is 0 Å². The molecule has 0 fully saturated rings. The Morgan fingerprint density at radius 1 is 1.47 bits per heavy atom. The summed E-state index contributed by atoms with van der Waals surface area (Å²) in [5, 5.41) is 4.56. The predicted molar refractivity (Wildman–Crippen MR) is 69.1 cm³/mol. The first kappa shape index (κ1) is 12.1. The standard InChI is InChI=1S/C11H8BrClN2O2/c1-17-10-9(12)6-14-15(11(10)16)8-4-2-3-7(13)5-8/h2-6H,1H3. The number of nitrogens with zero attached hydrogens (tertiary/aromatic N) is 2. The molecule has 0 aliphatic carbocycles. The normalized spacial score (nSPS) is 10.3. The molecule has 0 N–H and O–H groups in total. The van der Waals surface area contributed by atoms with E-state index in [1.54, 1.807) is 24.3 Å². The molecule has 4 nitrogen and oxygen atoms in total. The summed E-state index contributed by atoms with van der Waals surface area (Å²) < 4.78 is 6.76. The van der Waals surface area contributed by atoms with Gasteiger partial charge in [-0.3, -0.25) is 4.79 Å². The Bertz CT molecular complexity index is 613. The highest BCUT2D eigenvalue weighted by molar-refractivity contribution is 9.10. The van der Waals surface area contributed by atoms with Crippen LogP contribution in [0.2, 0.25) is 5.02 Å². The van der Waals surface area contributed by atoms with E-state index in [-0.39, 0.29) is 11.3 Å². The van der Waals surface area contributed by atoms with Gasteiger partial charge in [0.2, 0.25) is 5.75 Å². The second-order valence-corrected chi connectivity index (χ2v) is 4.51. The molecule has 1 heterocycles. The topological polar surface area (TPSA) is 44.1 Å². The smallest absolute Gasteiger partial charge is 0.314 e. The fraction of sp³-hybridized carbons (Fsp3) is 0.0909. The lowest BCUT2D eigenvalue weighted by molar-refractivity contribution is 0.400. The van der Waals surface area contributed by atoms with Crippen molar-refractivity contribution in [1.29, 1.82) is 0 Å². The molecule has 6 heteroatoms. The van der Waals surface area contributed by atoms with Crippen molar-refractivity contribution in [2.24, 2.45) is 0 Å². The van der Waals surface area contributed by atoms with Crippen LogP contribution in [0.25, 0.3) is 5.69 Å². The molecule has 88 valence electrons. The second-order valence-electron chi connectivity index (χ2n) is 3.22. The van der Waals surface area contributed by atoms with Crippen LogP contribution in [0.1, 0.15) is 0 Å². The highest BCUT2D eigenvalue weighted by atomic mass is 79.9. The van der Waals surface area contributed by atoms with Gasteiger partial charge in [0.05, 0.1) is 23.5 Å². The first-order chi connectivity index (χ1) is 8.13. The van der Waals surface area contributed by atoms with Crippen LogP contribution in [0, 0.1) is 0 Å². The summed E-state index contributed by atoms with van der Waals surface area (Å²) in [6, 6.07) is 6.88. The Balaban J connectivity index is 2.65. The number of halogens is 2. The molecule has 0 amide bonds. The molecule has 0 saturated heterocycles. The van der Waals surface area contributed by atoms with E-state index in [0.29, 0.717) is 15.2 Å². The van der Waals surface area contributed by atoms with E-state index in [1.807, 2.05) is 0 Å². The molecule has 0 atom stereocenters. The first-order valence-corrected chi connectivity index (χ1v) is 5.88. The maximum absolute atomic E-state index is 12.0. The molecule has 0 aliphatic heterocycles. The molecule has 0 unspecified atom stereocenters. The molecule has 0 saturated carbocycles. The van der Waals surface area contributed by atoms with E-state index in [2.05, 4.69) is 21.0 Å². The molecular weight excluding hydrogens is 307 g/mol. The minimum Gasteiger partial charge on any atom is -0.490 e. The number of benzene rings is 1. The van der Waals surface area contributed by atoms with Gasteiger partial charge in [-0.15, -0.1) is 0 Å². The van der Waals surface area contributed by atoms with E-state index < -0.39 is 0 Å². The maximum atomic E-state index is 12.0. The number of hydrogen-bond donors (Lipinski definition) is 0. The quantitative estimate of drug-likeness (QED) is 0.856. The van der Waals surface area contributed by atoms with E-state index in [4.69, 9.17) is 16.3 Å². The summed E-state index contributed by atoms with van der Waals surface area (Å²) in [6.07, 6.45) is 1.50. The Morgan fingerprint density at radius 3 is 2.88 bits per heavy atom. The molecule has 0 radical (unpaired) electrons. The van der Waals surface area contributed by atoms with E-state index in [0.717, 1.165) is 0 Å². The van der Waals surface area contributed by atoms with Crippen LogP contribution in [0.4, 0.5) is 0 Å². The Kier molecular flexibility index (Phi) is 3.49. The summed E-state index contributed by atoms with van der Waals surface area (Å²) in [4.78, 5) is 12.0. The zero-order valence-corrected chi connectivity index (χ0v) is 11.2. The van der Waals surface area contributed by atoms with E-state index in [1.165, 1.54) is 18.0 Å². The van der Waals surface area contributed by atoms with Gasteiger partial charge in [0.15, 0.2) is 0 Å². The van der Waals surface area contributed by atoms with E-state index >= 15 is 0 Å². The van der Waals surface area contributed by atoms with Crippen LogP contribution in [0.3, 0.4) is 0 Å². The van der Waals surface area contributed by atoms with Crippen LogP contribution >= 0.6 is 27.5 Å². The minimum absolute atomic E-state index is 0.208. The SMILES string of the molecule is COc1c(Br)cnn(-c2cccc(Cl)c2)c1=O. The van der Waals surface area contributed by atoms with Crippen LogP contribution in [-0.2, 0) is 0 Å². The largest absolute Gasteiger partial charge is 0.490 e. The third kappa shape index (κ3) is 2.35. The highest BCUT2D eigenvalue weighted by Gasteiger charge is 2.11.